The smallest absolute Gasteiger partial charge is 0.472 e. The Labute approximate surface area is 641 Å². The molecule has 6 heterocycles. The lowest BCUT2D eigenvalue weighted by Gasteiger charge is -2.14. The van der Waals surface area contributed by atoms with Gasteiger partial charge in [-0.25, -0.2) is 54.0 Å². The third-order valence-electron chi connectivity index (χ3n) is 14.3. The lowest BCUT2D eigenvalue weighted by atomic mass is 9.74. The molecule has 6 aromatic carbocycles. The summed E-state index contributed by atoms with van der Waals surface area (Å²) in [5.41, 5.74) is 19.8. The van der Waals surface area contributed by atoms with Crippen LogP contribution in [0.3, 0.4) is 0 Å². The molecular formula is C73H75BCl4I2N18O4. The molecule has 29 heteroatoms. The molecule has 6 aromatic heterocycles. The van der Waals surface area contributed by atoms with Gasteiger partial charge in [0, 0.05) is 91.8 Å². The lowest BCUT2D eigenvalue weighted by Crippen LogP contribution is -2.33. The van der Waals surface area contributed by atoms with Crippen molar-refractivity contribution in [2.75, 3.05) is 16.0 Å². The quantitative estimate of drug-likeness (QED) is 0.0155. The van der Waals surface area contributed by atoms with Crippen LogP contribution in [0.4, 0.5) is 17.5 Å². The van der Waals surface area contributed by atoms with E-state index in [2.05, 4.69) is 204 Å². The van der Waals surface area contributed by atoms with Gasteiger partial charge in [-0.05, 0) is 207 Å². The number of hydrogen-bond acceptors (Lipinski definition) is 19. The molecule has 12 rings (SSSR count). The number of aryl methyl sites for hydroxylation is 4. The SMILES string of the molecule is C#CC(=O)O.CC(C)c1ccccc1B(O)O.Cc1cnc(-c2ccccc2C(C)C)nc1NCc1ccc(-n2ccnn2)cc1.Cc1cnc(Cl)nc1Cl.Cc1cnc(Cl)nc1NCc1ccc(-n2ccnn2)cc1.Cc1cnc(Cl)nc1NCc1ccc(I)cc1.NCc1ccc(I)cc1. The standard InChI is InChI=1S/C23H24N6.C14H13ClN6.C12H11ClIN3.C9H13BO2.C7H8IN.C5H4Cl2N2.C3H2O2/c1-16(2)20-6-4-5-7-21(20)23-24-14-17(3)22(27-23)25-15-18-8-10-19(11-9-18)29-13-12-26-28-29;1-10-8-17-14(15)19-13(10)16-9-11-2-4-12(5-3-11)21-7-6-18-20-21;1-8-6-16-12(13)17-11(8)15-7-9-2-4-10(14)5-3-9;1-7(2)8-5-3-4-6-9(8)10(11)12;8-7-3-1-6(5-9)2-4-7;1-3-2-8-5(7)9-4(3)6;1-2-3(4)5/h4-14,16H,15H2,1-3H3,(H,24,25,27);2-8H,9H2,1H3,(H,16,17,19);2-6H,7H2,1H3,(H,15,16,17);3-7,11-12H,1-2H3;1-4H,5,9H2;2H,1H3;1H,(H,4,5). The van der Waals surface area contributed by atoms with Gasteiger partial charge in [-0.2, -0.15) is 0 Å². The normalized spacial score (nSPS) is 10.2. The molecule has 526 valence electrons. The summed E-state index contributed by atoms with van der Waals surface area (Å²) >= 11 is 27.1. The number of carboxylic acids is 1. The van der Waals surface area contributed by atoms with E-state index in [1.54, 1.807) is 58.7 Å². The number of rotatable bonds is 16. The number of nitrogens with one attached hydrogen (secondary N) is 3. The van der Waals surface area contributed by atoms with Crippen molar-refractivity contribution in [2.24, 2.45) is 5.73 Å². The minimum absolute atomic E-state index is 0.186. The van der Waals surface area contributed by atoms with E-state index in [1.807, 2.05) is 121 Å². The van der Waals surface area contributed by atoms with E-state index in [-0.39, 0.29) is 15.9 Å². The van der Waals surface area contributed by atoms with Crippen LogP contribution in [0.2, 0.25) is 21.0 Å². The van der Waals surface area contributed by atoms with Gasteiger partial charge in [0.05, 0.1) is 36.2 Å². The molecule has 0 fully saturated rings. The van der Waals surface area contributed by atoms with Crippen molar-refractivity contribution < 1.29 is 19.9 Å². The Hall–Kier alpha value is -9.09. The van der Waals surface area contributed by atoms with E-state index in [9.17, 15) is 0 Å². The molecule has 8 N–H and O–H groups in total. The topological polar surface area (TPSA) is 304 Å². The summed E-state index contributed by atoms with van der Waals surface area (Å²) in [6.07, 6.45) is 18.2. The first-order chi connectivity index (χ1) is 48.9. The second kappa shape index (κ2) is 43.0. The Morgan fingerprint density at radius 2 is 0.902 bits per heavy atom. The molecule has 0 aliphatic rings. The molecule has 0 amide bonds. The summed E-state index contributed by atoms with van der Waals surface area (Å²) in [4.78, 5) is 42.1. The van der Waals surface area contributed by atoms with Gasteiger partial charge in [0.25, 0.3) is 0 Å². The van der Waals surface area contributed by atoms with Gasteiger partial charge in [-0.3, -0.25) is 0 Å². The van der Waals surface area contributed by atoms with Gasteiger partial charge in [0.15, 0.2) is 5.82 Å². The molecule has 0 atom stereocenters. The van der Waals surface area contributed by atoms with Crippen molar-refractivity contribution in [1.29, 1.82) is 0 Å². The number of carbonyl (C=O) groups is 1. The van der Waals surface area contributed by atoms with Crippen molar-refractivity contribution in [2.45, 2.75) is 93.4 Å². The Bertz CT molecular complexity index is 4540. The maximum atomic E-state index is 9.13. The number of halogens is 6. The zero-order valence-corrected chi connectivity index (χ0v) is 64.3. The molecule has 0 unspecified atom stereocenters. The zero-order chi connectivity index (χ0) is 74.1. The summed E-state index contributed by atoms with van der Waals surface area (Å²) in [7, 11) is -1.36. The number of carboxylic acid groups (broad SMARTS) is 1. The van der Waals surface area contributed by atoms with Crippen molar-refractivity contribution in [1.82, 2.24) is 69.9 Å². The number of terminal acetylenes is 1. The van der Waals surface area contributed by atoms with Crippen molar-refractivity contribution in [3.63, 3.8) is 0 Å². The van der Waals surface area contributed by atoms with E-state index in [1.165, 1.54) is 29.8 Å². The fourth-order valence-corrected chi connectivity index (χ4v) is 10.1. The third-order valence-corrected chi connectivity index (χ3v) is 16.6. The first-order valence-electron chi connectivity index (χ1n) is 31.4. The average Bonchev–Trinajstić information content (AvgIpc) is 0.880. The fourth-order valence-electron chi connectivity index (χ4n) is 8.83. The Morgan fingerprint density at radius 1 is 0.529 bits per heavy atom. The van der Waals surface area contributed by atoms with E-state index < -0.39 is 13.1 Å². The first kappa shape index (κ1) is 81.9. The zero-order valence-electron chi connectivity index (χ0n) is 57.0. The highest BCUT2D eigenvalue weighted by molar-refractivity contribution is 14.1. The van der Waals surface area contributed by atoms with Crippen molar-refractivity contribution in [3.8, 4) is 35.1 Å². The Morgan fingerprint density at radius 3 is 1.27 bits per heavy atom. The molecule has 0 spiro atoms. The van der Waals surface area contributed by atoms with Gasteiger partial charge < -0.3 is 36.8 Å². The minimum Gasteiger partial charge on any atom is -0.472 e. The van der Waals surface area contributed by atoms with Gasteiger partial charge in [-0.15, -0.1) is 16.6 Å². The number of nitrogens with two attached hydrogens (primary N) is 1. The fraction of sp³-hybridized carbons (Fsp3) is 0.192. The maximum absolute atomic E-state index is 9.13. The molecule has 0 saturated carbocycles. The largest absolute Gasteiger partial charge is 0.488 e. The van der Waals surface area contributed by atoms with Crippen LogP contribution in [0.1, 0.15) is 95.2 Å². The molecule has 102 heavy (non-hydrogen) atoms. The number of anilines is 3. The minimum atomic E-state index is -1.36. The number of hydrogen-bond donors (Lipinski definition) is 7. The first-order valence-corrected chi connectivity index (χ1v) is 35.1. The van der Waals surface area contributed by atoms with Crippen molar-refractivity contribution in [3.05, 3.63) is 279 Å². The summed E-state index contributed by atoms with van der Waals surface area (Å²) < 4.78 is 5.94. The number of nitrogens with zero attached hydrogens (tertiary/aromatic N) is 14. The van der Waals surface area contributed by atoms with Crippen LogP contribution in [-0.4, -0.2) is 98.1 Å². The van der Waals surface area contributed by atoms with Gasteiger partial charge in [0.1, 0.15) is 22.6 Å². The highest BCUT2D eigenvalue weighted by Gasteiger charge is 2.17. The second-order valence-corrected chi connectivity index (χ2v) is 26.4. The van der Waals surface area contributed by atoms with E-state index in [0.717, 1.165) is 85.7 Å². The highest BCUT2D eigenvalue weighted by Crippen LogP contribution is 2.28. The summed E-state index contributed by atoms with van der Waals surface area (Å²) in [6.45, 7) is 18.9. The maximum Gasteiger partial charge on any atom is 0.488 e. The highest BCUT2D eigenvalue weighted by atomic mass is 127. The number of aliphatic carboxylic acids is 1. The average molecular weight is 1670 g/mol. The van der Waals surface area contributed by atoms with Crippen LogP contribution < -0.4 is 27.1 Å². The third kappa shape index (κ3) is 28.0. The predicted octanol–water partition coefficient (Wildman–Crippen LogP) is 15.1. The van der Waals surface area contributed by atoms with Crippen LogP contribution in [0.15, 0.2) is 195 Å². The molecule has 0 saturated heterocycles. The van der Waals surface area contributed by atoms with Crippen LogP contribution in [-0.2, 0) is 31.0 Å². The van der Waals surface area contributed by atoms with Gasteiger partial charge in [-0.1, -0.05) is 147 Å². The Balaban J connectivity index is 0.000000199. The molecule has 12 aromatic rings. The molecule has 0 radical (unpaired) electrons. The number of aromatic nitrogens is 14. The summed E-state index contributed by atoms with van der Waals surface area (Å²) in [6, 6.07) is 48.5. The summed E-state index contributed by atoms with van der Waals surface area (Å²) in [5.74, 6) is 4.10. The van der Waals surface area contributed by atoms with Gasteiger partial charge >= 0.3 is 13.1 Å². The van der Waals surface area contributed by atoms with Crippen LogP contribution in [0.5, 0.6) is 0 Å². The second-order valence-electron chi connectivity index (χ2n) is 22.6. The van der Waals surface area contributed by atoms with Crippen LogP contribution in [0, 0.1) is 47.2 Å². The number of benzene rings is 6. The molecule has 0 bridgehead atoms. The lowest BCUT2D eigenvalue weighted by molar-refractivity contribution is -0.130. The van der Waals surface area contributed by atoms with Gasteiger partial charge in [0.2, 0.25) is 15.9 Å². The van der Waals surface area contributed by atoms with E-state index in [4.69, 9.17) is 77.1 Å². The summed E-state index contributed by atoms with van der Waals surface area (Å²) in [5, 5.41) is 52.2. The van der Waals surface area contributed by atoms with Crippen LogP contribution >= 0.6 is 91.6 Å². The predicted molar refractivity (Wildman–Crippen MR) is 424 cm³/mol. The Kier molecular flexibility index (Phi) is 34.5. The molecule has 0 aliphatic heterocycles. The van der Waals surface area contributed by atoms with Crippen molar-refractivity contribution >= 4 is 128 Å². The molecule has 22 nitrogen and oxygen atoms in total. The van der Waals surface area contributed by atoms with E-state index in [0.29, 0.717) is 42.1 Å². The monoisotopic (exact) mass is 1670 g/mol. The molecular weight excluding hydrogens is 1600 g/mol. The van der Waals surface area contributed by atoms with E-state index >= 15 is 0 Å². The van der Waals surface area contributed by atoms with Crippen LogP contribution in [0.25, 0.3) is 22.8 Å². The molecule has 0 aliphatic carbocycles.